The molecule has 0 unspecified atom stereocenters. The number of methoxy groups -OCH3 is 2. The lowest BCUT2D eigenvalue weighted by Gasteiger charge is -2.19. The largest absolute Gasteiger partial charge is 0.468 e. The van der Waals surface area contributed by atoms with Crippen LogP contribution in [0.3, 0.4) is 0 Å². The zero-order valence-corrected chi connectivity index (χ0v) is 14.1. The van der Waals surface area contributed by atoms with Crippen LogP contribution in [0.1, 0.15) is 10.5 Å². The first-order valence-electron chi connectivity index (χ1n) is 7.12. The maximum absolute atomic E-state index is 13.8. The van der Waals surface area contributed by atoms with Crippen molar-refractivity contribution in [3.8, 4) is 10.6 Å². The normalized spacial score (nSPS) is 10.5. The van der Waals surface area contributed by atoms with Crippen molar-refractivity contribution in [2.75, 3.05) is 33.9 Å². The summed E-state index contributed by atoms with van der Waals surface area (Å²) < 4.78 is 23.4. The fourth-order valence-electron chi connectivity index (χ4n) is 1.97. The van der Waals surface area contributed by atoms with E-state index in [1.165, 1.54) is 25.2 Å². The van der Waals surface area contributed by atoms with E-state index in [-0.39, 0.29) is 25.4 Å². The van der Waals surface area contributed by atoms with Gasteiger partial charge in [0.15, 0.2) is 0 Å². The highest BCUT2D eigenvalue weighted by Gasteiger charge is 2.22. The maximum atomic E-state index is 13.8. The summed E-state index contributed by atoms with van der Waals surface area (Å²) in [7, 11) is 2.75. The van der Waals surface area contributed by atoms with Gasteiger partial charge in [-0.15, -0.1) is 11.3 Å². The SMILES string of the molecule is COCCN(CC(=O)OC)C(=O)c1csc(-c2ccccc2F)n1. The van der Waals surface area contributed by atoms with Gasteiger partial charge < -0.3 is 14.4 Å². The molecule has 2 rings (SSSR count). The smallest absolute Gasteiger partial charge is 0.325 e. The van der Waals surface area contributed by atoms with Crippen molar-refractivity contribution in [1.29, 1.82) is 0 Å². The van der Waals surface area contributed by atoms with E-state index in [0.717, 1.165) is 11.3 Å². The summed E-state index contributed by atoms with van der Waals surface area (Å²) in [4.78, 5) is 29.5. The minimum Gasteiger partial charge on any atom is -0.468 e. The van der Waals surface area contributed by atoms with Crippen molar-refractivity contribution < 1.29 is 23.5 Å². The van der Waals surface area contributed by atoms with Gasteiger partial charge in [-0.25, -0.2) is 9.37 Å². The number of benzene rings is 1. The van der Waals surface area contributed by atoms with Gasteiger partial charge >= 0.3 is 5.97 Å². The second-order valence-electron chi connectivity index (χ2n) is 4.81. The van der Waals surface area contributed by atoms with Crippen molar-refractivity contribution in [2.45, 2.75) is 0 Å². The molecule has 0 bridgehead atoms. The van der Waals surface area contributed by atoms with Gasteiger partial charge in [0.05, 0.1) is 13.7 Å². The average Bonchev–Trinajstić information content (AvgIpc) is 3.07. The highest BCUT2D eigenvalue weighted by molar-refractivity contribution is 7.13. The Morgan fingerprint density at radius 3 is 2.71 bits per heavy atom. The number of thiazole rings is 1. The van der Waals surface area contributed by atoms with Crippen LogP contribution in [-0.2, 0) is 14.3 Å². The van der Waals surface area contributed by atoms with Gasteiger partial charge in [-0.05, 0) is 12.1 Å². The predicted octanol–water partition coefficient (Wildman–Crippen LogP) is 2.21. The molecule has 6 nitrogen and oxygen atoms in total. The fourth-order valence-corrected chi connectivity index (χ4v) is 2.79. The van der Waals surface area contributed by atoms with E-state index < -0.39 is 17.7 Å². The Balaban J connectivity index is 2.21. The van der Waals surface area contributed by atoms with Gasteiger partial charge in [0.25, 0.3) is 5.91 Å². The van der Waals surface area contributed by atoms with Crippen LogP contribution >= 0.6 is 11.3 Å². The minimum atomic E-state index is -0.538. The molecule has 128 valence electrons. The molecule has 1 aromatic carbocycles. The number of carbonyl (C=O) groups is 2. The summed E-state index contributed by atoms with van der Waals surface area (Å²) in [6.45, 7) is 0.287. The van der Waals surface area contributed by atoms with Gasteiger partial charge in [-0.1, -0.05) is 12.1 Å². The van der Waals surface area contributed by atoms with Crippen LogP contribution in [0.2, 0.25) is 0 Å². The van der Waals surface area contributed by atoms with Crippen LogP contribution in [0.25, 0.3) is 10.6 Å². The Hall–Kier alpha value is -2.32. The fraction of sp³-hybridized carbons (Fsp3) is 0.312. The van der Waals surface area contributed by atoms with Crippen molar-refractivity contribution in [3.63, 3.8) is 0 Å². The first-order valence-corrected chi connectivity index (χ1v) is 8.00. The molecule has 1 amide bonds. The molecule has 2 aromatic rings. The number of ether oxygens (including phenoxy) is 2. The number of halogens is 1. The third-order valence-corrected chi connectivity index (χ3v) is 4.10. The molecular weight excluding hydrogens is 335 g/mol. The van der Waals surface area contributed by atoms with Gasteiger partial charge in [0, 0.05) is 24.6 Å². The highest BCUT2D eigenvalue weighted by Crippen LogP contribution is 2.26. The zero-order chi connectivity index (χ0) is 17.5. The summed E-state index contributed by atoms with van der Waals surface area (Å²) in [5.74, 6) is -1.38. The molecule has 0 aliphatic rings. The maximum Gasteiger partial charge on any atom is 0.325 e. The predicted molar refractivity (Wildman–Crippen MR) is 87.3 cm³/mol. The number of rotatable bonds is 7. The van der Waals surface area contributed by atoms with Crippen molar-refractivity contribution >= 4 is 23.2 Å². The molecule has 0 radical (unpaired) electrons. The number of hydrogen-bond acceptors (Lipinski definition) is 6. The quantitative estimate of drug-likeness (QED) is 0.715. The molecule has 8 heteroatoms. The van der Waals surface area contributed by atoms with E-state index in [1.54, 1.807) is 23.6 Å². The molecule has 24 heavy (non-hydrogen) atoms. The van der Waals surface area contributed by atoms with Crippen molar-refractivity contribution in [1.82, 2.24) is 9.88 Å². The minimum absolute atomic E-state index is 0.151. The van der Waals surface area contributed by atoms with Crippen LogP contribution in [0.15, 0.2) is 29.6 Å². The number of amides is 1. The molecule has 0 fully saturated rings. The molecule has 0 aliphatic carbocycles. The van der Waals surface area contributed by atoms with Gasteiger partial charge in [-0.3, -0.25) is 9.59 Å². The summed E-state index contributed by atoms with van der Waals surface area (Å²) in [6.07, 6.45) is 0. The second kappa shape index (κ2) is 8.51. The second-order valence-corrected chi connectivity index (χ2v) is 5.67. The summed E-state index contributed by atoms with van der Waals surface area (Å²) >= 11 is 1.16. The summed E-state index contributed by atoms with van der Waals surface area (Å²) in [5, 5.41) is 1.95. The molecule has 0 saturated heterocycles. The van der Waals surface area contributed by atoms with E-state index >= 15 is 0 Å². The first-order chi connectivity index (χ1) is 11.6. The molecule has 1 heterocycles. The molecule has 0 spiro atoms. The Kier molecular flexibility index (Phi) is 6.39. The lowest BCUT2D eigenvalue weighted by molar-refractivity contribution is -0.141. The van der Waals surface area contributed by atoms with Gasteiger partial charge in [0.1, 0.15) is 23.1 Å². The average molecular weight is 352 g/mol. The number of nitrogens with zero attached hydrogens (tertiary/aromatic N) is 2. The summed E-state index contributed by atoms with van der Waals surface area (Å²) in [5.41, 5.74) is 0.483. The number of aromatic nitrogens is 1. The van der Waals surface area contributed by atoms with Gasteiger partial charge in [-0.2, -0.15) is 0 Å². The van der Waals surface area contributed by atoms with E-state index in [9.17, 15) is 14.0 Å². The van der Waals surface area contributed by atoms with Crippen LogP contribution in [0.4, 0.5) is 4.39 Å². The van der Waals surface area contributed by atoms with E-state index in [2.05, 4.69) is 9.72 Å². The lowest BCUT2D eigenvalue weighted by Crippen LogP contribution is -2.38. The number of esters is 1. The topological polar surface area (TPSA) is 68.7 Å². The zero-order valence-electron chi connectivity index (χ0n) is 13.3. The molecule has 0 atom stereocenters. The third-order valence-electron chi connectivity index (χ3n) is 3.23. The number of hydrogen-bond donors (Lipinski definition) is 0. The van der Waals surface area contributed by atoms with Crippen molar-refractivity contribution in [3.05, 3.63) is 41.2 Å². The molecule has 0 aliphatic heterocycles. The van der Waals surface area contributed by atoms with Crippen LogP contribution in [0, 0.1) is 5.82 Å². The Labute approximate surface area is 142 Å². The van der Waals surface area contributed by atoms with E-state index in [1.807, 2.05) is 0 Å². The van der Waals surface area contributed by atoms with Gasteiger partial charge in [0.2, 0.25) is 0 Å². The van der Waals surface area contributed by atoms with E-state index in [4.69, 9.17) is 4.74 Å². The lowest BCUT2D eigenvalue weighted by atomic mass is 10.2. The van der Waals surface area contributed by atoms with Crippen LogP contribution < -0.4 is 0 Å². The molecule has 1 aromatic heterocycles. The molecule has 0 N–H and O–H groups in total. The van der Waals surface area contributed by atoms with Crippen LogP contribution in [-0.4, -0.2) is 55.7 Å². The summed E-state index contributed by atoms with van der Waals surface area (Å²) in [6, 6.07) is 6.21. The third kappa shape index (κ3) is 4.36. The Morgan fingerprint density at radius 1 is 1.29 bits per heavy atom. The first kappa shape index (κ1) is 18.0. The molecular formula is C16H17FN2O4S. The van der Waals surface area contributed by atoms with Crippen molar-refractivity contribution in [2.24, 2.45) is 0 Å². The van der Waals surface area contributed by atoms with E-state index in [0.29, 0.717) is 10.6 Å². The monoisotopic (exact) mass is 352 g/mol. The standard InChI is InChI=1S/C16H17FN2O4S/c1-22-8-7-19(9-14(20)23-2)16(21)13-10-24-15(18-13)11-5-3-4-6-12(11)17/h3-6,10H,7-9H2,1-2H3. The Bertz CT molecular complexity index is 720. The number of carbonyl (C=O) groups excluding carboxylic acids is 2. The van der Waals surface area contributed by atoms with Crippen LogP contribution in [0.5, 0.6) is 0 Å². The highest BCUT2D eigenvalue weighted by atomic mass is 32.1. The Morgan fingerprint density at radius 2 is 2.04 bits per heavy atom. The molecule has 0 saturated carbocycles.